The van der Waals surface area contributed by atoms with E-state index in [1.54, 1.807) is 17.9 Å². The van der Waals surface area contributed by atoms with Gasteiger partial charge in [-0.1, -0.05) is 110 Å². The van der Waals surface area contributed by atoms with Crippen molar-refractivity contribution in [1.29, 1.82) is 0 Å². The van der Waals surface area contributed by atoms with Crippen LogP contribution in [0.1, 0.15) is 50.8 Å². The number of hydrogen-bond acceptors (Lipinski definition) is 7. The molecule has 1 amide bonds. The number of carbonyl (C=O) groups is 2. The zero-order valence-corrected chi connectivity index (χ0v) is 23.7. The van der Waals surface area contributed by atoms with E-state index < -0.39 is 18.1 Å². The summed E-state index contributed by atoms with van der Waals surface area (Å²) in [5.74, 6) is 0.523. The van der Waals surface area contributed by atoms with E-state index >= 15 is 0 Å². The third-order valence-corrected chi connectivity index (χ3v) is 9.35. The molecule has 4 rings (SSSR count). The van der Waals surface area contributed by atoms with Crippen LogP contribution in [-0.2, 0) is 20.9 Å². The predicted octanol–water partition coefficient (Wildman–Crippen LogP) is 7.46. The molecule has 6 nitrogen and oxygen atoms in total. The second-order valence-electron chi connectivity index (χ2n) is 9.96. The van der Waals surface area contributed by atoms with Gasteiger partial charge in [0.25, 0.3) is 0 Å². The normalized spacial score (nSPS) is 12.9. The minimum Gasteiger partial charge on any atom is -0.497 e. The van der Waals surface area contributed by atoms with Crippen LogP contribution in [-0.4, -0.2) is 42.3 Å². The lowest BCUT2D eigenvalue weighted by atomic mass is 9.98. The van der Waals surface area contributed by atoms with Crippen molar-refractivity contribution in [3.63, 3.8) is 0 Å². The fraction of sp³-hybridized carbons (Fsp3) is 0.355. The minimum atomic E-state index is -0.844. The number of amides is 1. The molecule has 0 heterocycles. The van der Waals surface area contributed by atoms with Crippen LogP contribution in [0.5, 0.6) is 5.75 Å². The Bertz CT molecular complexity index is 1210. The van der Waals surface area contributed by atoms with E-state index in [2.05, 4.69) is 50.4 Å². The van der Waals surface area contributed by atoms with Crippen LogP contribution in [0, 0.1) is 0 Å². The van der Waals surface area contributed by atoms with E-state index in [-0.39, 0.29) is 31.3 Å². The van der Waals surface area contributed by atoms with Gasteiger partial charge in [0.1, 0.15) is 25.0 Å². The molecule has 208 valence electrons. The quantitative estimate of drug-likeness (QED) is 0.201. The van der Waals surface area contributed by atoms with Gasteiger partial charge in [-0.05, 0) is 39.9 Å². The molecule has 0 unspecified atom stereocenters. The van der Waals surface area contributed by atoms with Gasteiger partial charge in [0, 0.05) is 16.4 Å². The number of carbonyl (C=O) groups excluding carboxylic acids is 2. The number of fused-ring (bicyclic) bond motifs is 3. The van der Waals surface area contributed by atoms with Gasteiger partial charge in [0.15, 0.2) is 0 Å². The summed E-state index contributed by atoms with van der Waals surface area (Å²) >= 11 is 0. The van der Waals surface area contributed by atoms with Crippen LogP contribution in [0.4, 0.5) is 4.79 Å². The van der Waals surface area contributed by atoms with Gasteiger partial charge in [-0.2, -0.15) is 0 Å². The highest BCUT2D eigenvalue weighted by atomic mass is 33.1. The number of esters is 1. The maximum Gasteiger partial charge on any atom is 0.407 e. The minimum absolute atomic E-state index is 0. The summed E-state index contributed by atoms with van der Waals surface area (Å²) in [4.78, 5) is 25.9. The van der Waals surface area contributed by atoms with Crippen molar-refractivity contribution < 1.29 is 23.8 Å². The molecule has 0 spiro atoms. The first kappa shape index (κ1) is 30.4. The van der Waals surface area contributed by atoms with Crippen molar-refractivity contribution >= 4 is 33.7 Å². The van der Waals surface area contributed by atoms with Crippen molar-refractivity contribution in [3.05, 3.63) is 89.5 Å². The van der Waals surface area contributed by atoms with Crippen molar-refractivity contribution in [1.82, 2.24) is 5.32 Å². The van der Waals surface area contributed by atoms with Crippen molar-refractivity contribution in [2.24, 2.45) is 0 Å². The molecule has 1 N–H and O–H groups in total. The van der Waals surface area contributed by atoms with Crippen LogP contribution in [0.25, 0.3) is 11.1 Å². The van der Waals surface area contributed by atoms with Crippen LogP contribution in [0.15, 0.2) is 72.8 Å². The predicted molar refractivity (Wildman–Crippen MR) is 161 cm³/mol. The average molecular weight is 568 g/mol. The van der Waals surface area contributed by atoms with Crippen LogP contribution < -0.4 is 10.1 Å². The summed E-state index contributed by atoms with van der Waals surface area (Å²) < 4.78 is 16.4. The Morgan fingerprint density at radius 1 is 0.897 bits per heavy atom. The van der Waals surface area contributed by atoms with Gasteiger partial charge in [-0.15, -0.1) is 0 Å². The molecule has 0 aliphatic heterocycles. The Morgan fingerprint density at radius 3 is 2.05 bits per heavy atom. The Morgan fingerprint density at radius 2 is 1.49 bits per heavy atom. The molecule has 3 aromatic carbocycles. The Labute approximate surface area is 239 Å². The monoisotopic (exact) mass is 567 g/mol. The molecule has 39 heavy (non-hydrogen) atoms. The lowest BCUT2D eigenvalue weighted by Gasteiger charge is -2.21. The molecule has 0 fully saturated rings. The largest absolute Gasteiger partial charge is 0.497 e. The molecule has 8 heteroatoms. The van der Waals surface area contributed by atoms with Crippen molar-refractivity contribution in [2.45, 2.75) is 51.5 Å². The summed E-state index contributed by atoms with van der Waals surface area (Å²) in [5, 5.41) is 2.74. The maximum absolute atomic E-state index is 13.0. The summed E-state index contributed by atoms with van der Waals surface area (Å²) in [7, 11) is 4.76. The molecule has 1 atom stereocenters. The van der Waals surface area contributed by atoms with Crippen LogP contribution in [0.2, 0.25) is 0 Å². The molecule has 0 bridgehead atoms. The first-order valence-electron chi connectivity index (χ1n) is 12.5. The summed E-state index contributed by atoms with van der Waals surface area (Å²) in [6.45, 7) is 6.57. The molecule has 1 aliphatic carbocycles. The third kappa shape index (κ3) is 8.19. The molecule has 1 aliphatic rings. The van der Waals surface area contributed by atoms with Gasteiger partial charge in [0.05, 0.1) is 7.11 Å². The number of hydrogen-bond donors (Lipinski definition) is 1. The Balaban J connectivity index is 0.00000420. The van der Waals surface area contributed by atoms with E-state index in [0.29, 0.717) is 5.75 Å². The summed E-state index contributed by atoms with van der Waals surface area (Å²) in [6.07, 6.45) is -0.639. The number of ether oxygens (including phenoxy) is 3. The molecule has 0 radical (unpaired) electrons. The highest BCUT2D eigenvalue weighted by Gasteiger charge is 2.30. The number of methoxy groups -OCH3 is 1. The number of rotatable bonds is 10. The second kappa shape index (κ2) is 13.8. The highest BCUT2D eigenvalue weighted by Crippen LogP contribution is 2.44. The van der Waals surface area contributed by atoms with Crippen molar-refractivity contribution in [2.75, 3.05) is 19.5 Å². The molecule has 0 saturated carbocycles. The lowest BCUT2D eigenvalue weighted by molar-refractivity contribution is -0.146. The fourth-order valence-electron chi connectivity index (χ4n) is 4.21. The van der Waals surface area contributed by atoms with E-state index in [4.69, 9.17) is 14.2 Å². The molecule has 0 aromatic heterocycles. The fourth-order valence-corrected chi connectivity index (χ4v) is 6.66. The van der Waals surface area contributed by atoms with E-state index in [1.165, 1.54) is 10.8 Å². The van der Waals surface area contributed by atoms with Crippen molar-refractivity contribution in [3.8, 4) is 16.9 Å². The zero-order valence-electron chi connectivity index (χ0n) is 22.1. The molecular weight excluding hydrogens is 530 g/mol. The number of alkyl carbamates (subject to hydrolysis) is 1. The maximum atomic E-state index is 13.0. The van der Waals surface area contributed by atoms with Gasteiger partial charge in [-0.25, -0.2) is 9.59 Å². The van der Waals surface area contributed by atoms with Gasteiger partial charge >= 0.3 is 12.1 Å². The second-order valence-corrected chi connectivity index (χ2v) is 13.1. The number of benzene rings is 3. The van der Waals surface area contributed by atoms with E-state index in [9.17, 15) is 9.59 Å². The summed E-state index contributed by atoms with van der Waals surface area (Å²) in [6, 6.07) is 22.8. The molecule has 0 saturated heterocycles. The Hall–Kier alpha value is -3.10. The van der Waals surface area contributed by atoms with Gasteiger partial charge in [0.2, 0.25) is 0 Å². The lowest BCUT2D eigenvalue weighted by Crippen LogP contribution is -2.44. The smallest absolute Gasteiger partial charge is 0.407 e. The van der Waals surface area contributed by atoms with E-state index in [1.807, 2.05) is 48.5 Å². The highest BCUT2D eigenvalue weighted by molar-refractivity contribution is 8.77. The first-order chi connectivity index (χ1) is 18.2. The standard InChI is InChI=1S/C30H33NO5S2.CH4/c1-30(2,3)38-37-19-27(28(32)35-17-20-13-15-21(34-4)16-14-20)31-29(33)36-18-26-24-11-7-5-9-22(24)23-10-6-8-12-25(23)26;/h5-16,26-27H,17-19H2,1-4H3,(H,31,33);1H4/t27-;/m1./s1. The average Bonchev–Trinajstić information content (AvgIpc) is 3.23. The van der Waals surface area contributed by atoms with E-state index in [0.717, 1.165) is 33.6 Å². The zero-order chi connectivity index (χ0) is 27.1. The number of nitrogens with one attached hydrogen (secondary N) is 1. The molecule has 3 aromatic rings. The SMILES string of the molecule is C.COc1ccc(COC(=O)[C@@H](CSSC(C)(C)C)NC(=O)OCC2c3ccccc3-c3ccccc32)cc1. The van der Waals surface area contributed by atoms with Gasteiger partial charge < -0.3 is 19.5 Å². The van der Waals surface area contributed by atoms with Crippen LogP contribution in [0.3, 0.4) is 0 Å². The topological polar surface area (TPSA) is 73.9 Å². The first-order valence-corrected chi connectivity index (χ1v) is 14.8. The third-order valence-electron chi connectivity index (χ3n) is 6.00. The van der Waals surface area contributed by atoms with Gasteiger partial charge in [-0.3, -0.25) is 0 Å². The Kier molecular flexibility index (Phi) is 10.8. The molecular formula is C31H37NO5S2. The summed E-state index contributed by atoms with van der Waals surface area (Å²) in [5.41, 5.74) is 5.42. The van der Waals surface area contributed by atoms with Crippen LogP contribution >= 0.6 is 21.6 Å².